The van der Waals surface area contributed by atoms with Gasteiger partial charge in [0.1, 0.15) is 17.2 Å². The van der Waals surface area contributed by atoms with Crippen molar-refractivity contribution in [1.82, 2.24) is 9.47 Å². The number of hydrogen-bond donors (Lipinski definition) is 2. The Labute approximate surface area is 245 Å². The van der Waals surface area contributed by atoms with Crippen LogP contribution in [-0.4, -0.2) is 55.0 Å². The number of carbonyl (C=O) groups excluding carboxylic acids is 3. The lowest BCUT2D eigenvalue weighted by Crippen LogP contribution is -2.49. The summed E-state index contributed by atoms with van der Waals surface area (Å²) in [5, 5.41) is 5.75. The molecule has 11 heteroatoms. The topological polar surface area (TPSA) is 113 Å². The summed E-state index contributed by atoms with van der Waals surface area (Å²) in [5.41, 5.74) is 0.490. The lowest BCUT2D eigenvalue weighted by molar-refractivity contribution is -0.151. The Balaban J connectivity index is 0.00000237. The first-order valence-corrected chi connectivity index (χ1v) is 13.6. The molecule has 0 atom stereocenters. The van der Waals surface area contributed by atoms with Crippen LogP contribution in [0.15, 0.2) is 47.3 Å². The van der Waals surface area contributed by atoms with E-state index in [2.05, 4.69) is 10.6 Å². The number of rotatable bonds is 8. The van der Waals surface area contributed by atoms with Crippen LogP contribution in [0.25, 0.3) is 0 Å². The van der Waals surface area contributed by atoms with Crippen LogP contribution in [0.3, 0.4) is 0 Å². The monoisotopic (exact) mass is 579 g/mol. The van der Waals surface area contributed by atoms with E-state index in [1.54, 1.807) is 44.2 Å². The van der Waals surface area contributed by atoms with Crippen LogP contribution in [-0.2, 0) is 21.4 Å². The van der Waals surface area contributed by atoms with Gasteiger partial charge in [-0.15, -0.1) is 0 Å². The van der Waals surface area contributed by atoms with E-state index in [1.165, 1.54) is 54.6 Å². The van der Waals surface area contributed by atoms with Gasteiger partial charge < -0.3 is 20.3 Å². The van der Waals surface area contributed by atoms with Crippen LogP contribution in [0.1, 0.15) is 42.3 Å². The standard InChI is InChI=1S/C29H32FN5O5.C2H6/c1-17-10-11-22(21(30)12-17)32-25-23(27(38)33(4)5)24(18(2)26(37)34(25)6)35(16-36)20-9-7-8-19(13-20)31-28(39)29(3)14-40-15-29;1-2/h7-13,16,32H,14-15H2,1-6H3,(H,31,39);1-2H3. The molecule has 2 heterocycles. The number of benzene rings is 2. The van der Waals surface area contributed by atoms with Crippen molar-refractivity contribution in [1.29, 1.82) is 0 Å². The third-order valence-corrected chi connectivity index (χ3v) is 6.91. The summed E-state index contributed by atoms with van der Waals surface area (Å²) in [6, 6.07) is 11.0. The van der Waals surface area contributed by atoms with E-state index in [0.29, 0.717) is 36.6 Å². The van der Waals surface area contributed by atoms with E-state index in [4.69, 9.17) is 4.74 Å². The van der Waals surface area contributed by atoms with Gasteiger partial charge in [0.25, 0.3) is 11.5 Å². The second kappa shape index (κ2) is 13.0. The molecular weight excluding hydrogens is 541 g/mol. The molecule has 224 valence electrons. The fraction of sp³-hybridized carbons (Fsp3) is 0.355. The normalized spacial score (nSPS) is 13.2. The van der Waals surface area contributed by atoms with Crippen molar-refractivity contribution in [3.05, 3.63) is 75.3 Å². The molecule has 1 aliphatic heterocycles. The molecule has 42 heavy (non-hydrogen) atoms. The summed E-state index contributed by atoms with van der Waals surface area (Å²) in [5.74, 6) is -1.30. The summed E-state index contributed by atoms with van der Waals surface area (Å²) in [6.07, 6.45) is 0.493. The minimum absolute atomic E-state index is 0.00904. The largest absolute Gasteiger partial charge is 0.379 e. The third kappa shape index (κ3) is 6.20. The lowest BCUT2D eigenvalue weighted by Gasteiger charge is -2.36. The SMILES string of the molecule is CC.Cc1ccc(Nc2c(C(=O)N(C)C)c(N(C=O)c3cccc(NC(=O)C4(C)COC4)c3)c(C)c(=O)n2C)c(F)c1. The van der Waals surface area contributed by atoms with Gasteiger partial charge >= 0.3 is 0 Å². The quantitative estimate of drug-likeness (QED) is 0.368. The molecule has 1 fully saturated rings. The van der Waals surface area contributed by atoms with Gasteiger partial charge in [-0.05, 0) is 56.7 Å². The fourth-order valence-electron chi connectivity index (χ4n) is 4.44. The highest BCUT2D eigenvalue weighted by Gasteiger charge is 2.41. The number of pyridine rings is 1. The Morgan fingerprint density at radius 3 is 2.31 bits per heavy atom. The van der Waals surface area contributed by atoms with Crippen LogP contribution in [0.4, 0.5) is 33.0 Å². The van der Waals surface area contributed by atoms with Crippen molar-refractivity contribution in [3.8, 4) is 0 Å². The summed E-state index contributed by atoms with van der Waals surface area (Å²) >= 11 is 0. The molecule has 2 N–H and O–H groups in total. The van der Waals surface area contributed by atoms with Gasteiger partial charge in [0.15, 0.2) is 0 Å². The average Bonchev–Trinajstić information content (AvgIpc) is 2.95. The maximum atomic E-state index is 14.8. The number of nitrogens with zero attached hydrogens (tertiary/aromatic N) is 3. The van der Waals surface area contributed by atoms with Gasteiger partial charge in [-0.25, -0.2) is 4.39 Å². The van der Waals surface area contributed by atoms with Crippen LogP contribution in [0.5, 0.6) is 0 Å². The maximum absolute atomic E-state index is 14.8. The van der Waals surface area contributed by atoms with Gasteiger partial charge in [-0.3, -0.25) is 28.6 Å². The molecule has 3 aromatic rings. The van der Waals surface area contributed by atoms with E-state index in [-0.39, 0.29) is 34.2 Å². The molecule has 10 nitrogen and oxygen atoms in total. The number of carbonyl (C=O) groups is 3. The number of aryl methyl sites for hydroxylation is 1. The molecule has 1 aliphatic rings. The molecule has 0 unspecified atom stereocenters. The Morgan fingerprint density at radius 1 is 1.10 bits per heavy atom. The van der Waals surface area contributed by atoms with Crippen LogP contribution < -0.4 is 21.1 Å². The number of anilines is 5. The molecule has 0 aliphatic carbocycles. The van der Waals surface area contributed by atoms with E-state index >= 15 is 0 Å². The maximum Gasteiger partial charge on any atom is 0.259 e. The van der Waals surface area contributed by atoms with Crippen molar-refractivity contribution in [2.24, 2.45) is 12.5 Å². The molecular formula is C31H38FN5O5. The zero-order chi connectivity index (χ0) is 31.4. The summed E-state index contributed by atoms with van der Waals surface area (Å²) in [6.45, 7) is 9.66. The zero-order valence-electron chi connectivity index (χ0n) is 25.3. The van der Waals surface area contributed by atoms with Gasteiger partial charge in [-0.1, -0.05) is 26.0 Å². The van der Waals surface area contributed by atoms with Crippen molar-refractivity contribution >= 4 is 46.8 Å². The van der Waals surface area contributed by atoms with Crippen LogP contribution in [0, 0.1) is 25.1 Å². The minimum Gasteiger partial charge on any atom is -0.379 e. The molecule has 0 radical (unpaired) electrons. The number of ether oxygens (including phenoxy) is 1. The van der Waals surface area contributed by atoms with E-state index in [1.807, 2.05) is 13.8 Å². The van der Waals surface area contributed by atoms with Gasteiger partial charge in [-0.2, -0.15) is 0 Å². The fourth-order valence-corrected chi connectivity index (χ4v) is 4.44. The third-order valence-electron chi connectivity index (χ3n) is 6.91. The highest BCUT2D eigenvalue weighted by Crippen LogP contribution is 2.37. The Kier molecular flexibility index (Phi) is 9.90. The van der Waals surface area contributed by atoms with E-state index < -0.39 is 22.7 Å². The molecule has 2 aromatic carbocycles. The van der Waals surface area contributed by atoms with Crippen molar-refractivity contribution in [2.45, 2.75) is 34.6 Å². The smallest absolute Gasteiger partial charge is 0.259 e. The Morgan fingerprint density at radius 2 is 1.76 bits per heavy atom. The summed E-state index contributed by atoms with van der Waals surface area (Å²) in [4.78, 5) is 54.8. The molecule has 0 bridgehead atoms. The van der Waals surface area contributed by atoms with Crippen molar-refractivity contribution in [3.63, 3.8) is 0 Å². The molecule has 1 aromatic heterocycles. The lowest BCUT2D eigenvalue weighted by atomic mass is 9.87. The van der Waals surface area contributed by atoms with Gasteiger partial charge in [0, 0.05) is 32.4 Å². The Bertz CT molecular complexity index is 1560. The van der Waals surface area contributed by atoms with Gasteiger partial charge in [0.05, 0.1) is 35.7 Å². The number of aromatic nitrogens is 1. The first-order chi connectivity index (χ1) is 19.9. The summed E-state index contributed by atoms with van der Waals surface area (Å²) < 4.78 is 21.2. The highest BCUT2D eigenvalue weighted by atomic mass is 19.1. The van der Waals surface area contributed by atoms with Gasteiger partial charge in [0.2, 0.25) is 12.3 Å². The number of nitrogens with one attached hydrogen (secondary N) is 2. The first-order valence-electron chi connectivity index (χ1n) is 13.6. The minimum atomic E-state index is -0.653. The van der Waals surface area contributed by atoms with E-state index in [0.717, 1.165) is 0 Å². The average molecular weight is 580 g/mol. The second-order valence-electron chi connectivity index (χ2n) is 10.4. The van der Waals surface area contributed by atoms with Crippen molar-refractivity contribution in [2.75, 3.05) is 42.8 Å². The molecule has 1 saturated heterocycles. The number of amides is 3. The Hall–Kier alpha value is -4.51. The van der Waals surface area contributed by atoms with Crippen molar-refractivity contribution < 1.29 is 23.5 Å². The predicted molar refractivity (Wildman–Crippen MR) is 162 cm³/mol. The zero-order valence-corrected chi connectivity index (χ0v) is 25.3. The van der Waals surface area contributed by atoms with E-state index in [9.17, 15) is 23.6 Å². The van der Waals surface area contributed by atoms with Crippen LogP contribution >= 0.6 is 0 Å². The first kappa shape index (κ1) is 32.0. The number of hydrogen-bond acceptors (Lipinski definition) is 6. The molecule has 3 amide bonds. The highest BCUT2D eigenvalue weighted by molar-refractivity contribution is 6.09. The predicted octanol–water partition coefficient (Wildman–Crippen LogP) is 4.88. The van der Waals surface area contributed by atoms with Crippen LogP contribution in [0.2, 0.25) is 0 Å². The molecule has 4 rings (SSSR count). The summed E-state index contributed by atoms with van der Waals surface area (Å²) in [7, 11) is 4.54. The number of halogens is 1. The molecule has 0 spiro atoms. The molecule has 0 saturated carbocycles. The second-order valence-corrected chi connectivity index (χ2v) is 10.4.